The Bertz CT molecular complexity index is 3640. The van der Waals surface area contributed by atoms with Gasteiger partial charge in [0.1, 0.15) is 5.01 Å². The van der Waals surface area contributed by atoms with Gasteiger partial charge < -0.3 is 9.47 Å². The molecule has 3 aromatic heterocycles. The van der Waals surface area contributed by atoms with Crippen molar-refractivity contribution in [1.29, 1.82) is 0 Å². The Morgan fingerprint density at radius 1 is 0.556 bits per heavy atom. The molecule has 0 fully saturated rings. The maximum Gasteiger partial charge on any atom is 0.124 e. The molecule has 3 nitrogen and oxygen atoms in total. The van der Waals surface area contributed by atoms with Crippen molar-refractivity contribution in [2.24, 2.45) is 0 Å². The van der Waals surface area contributed by atoms with E-state index in [9.17, 15) is 0 Å². The first kappa shape index (κ1) is 36.6. The van der Waals surface area contributed by atoms with Gasteiger partial charge in [0.2, 0.25) is 0 Å². The first-order valence-corrected chi connectivity index (χ1v) is 23.4. The summed E-state index contributed by atoms with van der Waals surface area (Å²) in [7, 11) is 0. The summed E-state index contributed by atoms with van der Waals surface area (Å²) in [5, 5.41) is 4.99. The van der Waals surface area contributed by atoms with Gasteiger partial charge in [0.05, 0.1) is 27.1 Å². The SMILES string of the molecule is CC1(C)c2ccccc2N(c2ccccc2)c2ccc(C3C=Cc4c(c5ccc6nc(-c7ccccc7)sc6c5n4-c4cccc(-c5ccc6sc7ccccc7c6c5)c4)C3)cc21. The number of nitrogens with zero attached hydrogens (tertiary/aromatic N) is 3. The number of aromatic nitrogens is 2. The van der Waals surface area contributed by atoms with E-state index in [1.807, 2.05) is 11.3 Å². The van der Waals surface area contributed by atoms with Crippen LogP contribution < -0.4 is 4.90 Å². The molecule has 0 radical (unpaired) electrons. The molecule has 13 rings (SSSR count). The predicted octanol–water partition coefficient (Wildman–Crippen LogP) is 16.4. The Kier molecular flexibility index (Phi) is 8.12. The Hall–Kier alpha value is -7.05. The molecule has 1 unspecified atom stereocenters. The highest BCUT2D eigenvalue weighted by molar-refractivity contribution is 7.25. The van der Waals surface area contributed by atoms with Gasteiger partial charge in [-0.05, 0) is 107 Å². The number of allylic oxidation sites excluding steroid dienone is 1. The summed E-state index contributed by atoms with van der Waals surface area (Å²) in [6.45, 7) is 4.77. The fraction of sp³-hybridized carbons (Fsp3) is 0.0862. The van der Waals surface area contributed by atoms with E-state index >= 15 is 0 Å². The molecule has 0 amide bonds. The van der Waals surface area contributed by atoms with Gasteiger partial charge in [0.25, 0.3) is 0 Å². The Morgan fingerprint density at radius 2 is 1.29 bits per heavy atom. The van der Waals surface area contributed by atoms with Crippen LogP contribution in [0.1, 0.15) is 47.7 Å². The number of thiazole rings is 1. The highest BCUT2D eigenvalue weighted by Gasteiger charge is 2.37. The molecule has 0 saturated heterocycles. The minimum absolute atomic E-state index is 0.174. The molecule has 1 atom stereocenters. The van der Waals surface area contributed by atoms with Crippen molar-refractivity contribution in [2.75, 3.05) is 4.90 Å². The van der Waals surface area contributed by atoms with Crippen LogP contribution in [0.25, 0.3) is 74.8 Å². The molecule has 0 N–H and O–H groups in total. The van der Waals surface area contributed by atoms with Crippen molar-refractivity contribution in [1.82, 2.24) is 9.55 Å². The lowest BCUT2D eigenvalue weighted by Gasteiger charge is -2.42. The molecule has 5 heteroatoms. The van der Waals surface area contributed by atoms with Crippen molar-refractivity contribution in [3.05, 3.63) is 216 Å². The Morgan fingerprint density at radius 3 is 2.17 bits per heavy atom. The molecule has 0 bridgehead atoms. The minimum Gasteiger partial charge on any atom is -0.310 e. The Balaban J connectivity index is 0.964. The maximum absolute atomic E-state index is 5.23. The zero-order valence-electron chi connectivity index (χ0n) is 34.9. The van der Waals surface area contributed by atoms with Crippen LogP contribution in [0.4, 0.5) is 17.1 Å². The summed E-state index contributed by atoms with van der Waals surface area (Å²) < 4.78 is 6.40. The molecule has 300 valence electrons. The number of hydrogen-bond donors (Lipinski definition) is 0. The molecule has 63 heavy (non-hydrogen) atoms. The second-order valence-electron chi connectivity index (χ2n) is 17.5. The van der Waals surface area contributed by atoms with Crippen molar-refractivity contribution >= 4 is 87.1 Å². The van der Waals surface area contributed by atoms with Crippen LogP contribution in [0.3, 0.4) is 0 Å². The second kappa shape index (κ2) is 14.0. The largest absolute Gasteiger partial charge is 0.310 e. The number of anilines is 3. The molecule has 1 aliphatic carbocycles. The number of fused-ring (bicyclic) bond motifs is 10. The van der Waals surface area contributed by atoms with Gasteiger partial charge in [0, 0.05) is 59.5 Å². The van der Waals surface area contributed by atoms with Gasteiger partial charge in [-0.25, -0.2) is 4.98 Å². The number of benzene rings is 8. The highest BCUT2D eigenvalue weighted by atomic mass is 32.1. The quantitative estimate of drug-likeness (QED) is 0.172. The van der Waals surface area contributed by atoms with E-state index in [-0.39, 0.29) is 11.3 Å². The summed E-state index contributed by atoms with van der Waals surface area (Å²) in [5.41, 5.74) is 17.2. The smallest absolute Gasteiger partial charge is 0.124 e. The lowest BCUT2D eigenvalue weighted by molar-refractivity contribution is 0.629. The average molecular weight is 844 g/mol. The number of rotatable bonds is 5. The summed E-state index contributed by atoms with van der Waals surface area (Å²) in [4.78, 5) is 7.68. The topological polar surface area (TPSA) is 21.1 Å². The first-order valence-electron chi connectivity index (χ1n) is 21.8. The van der Waals surface area contributed by atoms with Crippen LogP contribution in [0.15, 0.2) is 188 Å². The lowest BCUT2D eigenvalue weighted by atomic mass is 9.72. The van der Waals surface area contributed by atoms with Crippen molar-refractivity contribution in [3.63, 3.8) is 0 Å². The molecule has 0 saturated carbocycles. The van der Waals surface area contributed by atoms with Crippen LogP contribution in [0, 0.1) is 0 Å². The van der Waals surface area contributed by atoms with Gasteiger partial charge >= 0.3 is 0 Å². The van der Waals surface area contributed by atoms with Gasteiger partial charge in [0.15, 0.2) is 0 Å². The van der Waals surface area contributed by atoms with E-state index in [0.717, 1.165) is 28.2 Å². The molecular weight excluding hydrogens is 803 g/mol. The predicted molar refractivity (Wildman–Crippen MR) is 269 cm³/mol. The van der Waals surface area contributed by atoms with Gasteiger partial charge in [-0.2, -0.15) is 0 Å². The molecular formula is C58H41N3S2. The fourth-order valence-corrected chi connectivity index (χ4v) is 12.7. The van der Waals surface area contributed by atoms with Crippen LogP contribution in [-0.4, -0.2) is 9.55 Å². The second-order valence-corrected chi connectivity index (χ2v) is 19.6. The zero-order chi connectivity index (χ0) is 41.8. The third-order valence-corrected chi connectivity index (χ3v) is 15.9. The number of hydrogen-bond acceptors (Lipinski definition) is 4. The minimum atomic E-state index is -0.174. The molecule has 2 aliphatic rings. The normalized spacial score (nSPS) is 15.3. The molecule has 11 aromatic rings. The summed E-state index contributed by atoms with van der Waals surface area (Å²) >= 11 is 3.67. The van der Waals surface area contributed by atoms with E-state index in [2.05, 4.69) is 217 Å². The van der Waals surface area contributed by atoms with Crippen molar-refractivity contribution in [3.8, 4) is 27.4 Å². The van der Waals surface area contributed by atoms with Gasteiger partial charge in [-0.15, -0.1) is 22.7 Å². The molecule has 0 spiro atoms. The third kappa shape index (κ3) is 5.66. The summed E-state index contributed by atoms with van der Waals surface area (Å²) in [6.07, 6.45) is 5.77. The standard InChI is InChI=1S/C58H41N3S2/c1-58(2)47-21-10-11-22-51(47)60(41-17-7-4-8-18-41)52-30-25-40(35-48(52)58)38-24-29-50-45(33-38)44-27-28-49-56(63-57(59-49)36-14-5-3-6-15-36)55(44)61(50)42-19-13-16-37(32-42)39-26-31-54-46(34-39)43-20-9-12-23-53(43)62-54/h3-32,34-35,38H,33H2,1-2H3. The summed E-state index contributed by atoms with van der Waals surface area (Å²) in [5.74, 6) is 0.218. The van der Waals surface area contributed by atoms with E-state index in [4.69, 9.17) is 4.98 Å². The number of thiophene rings is 1. The van der Waals surface area contributed by atoms with Gasteiger partial charge in [-0.1, -0.05) is 141 Å². The Labute approximate surface area is 374 Å². The van der Waals surface area contributed by atoms with Crippen LogP contribution in [0.2, 0.25) is 0 Å². The summed E-state index contributed by atoms with van der Waals surface area (Å²) in [6, 6.07) is 67.0. The van der Waals surface area contributed by atoms with Crippen molar-refractivity contribution < 1.29 is 0 Å². The molecule has 4 heterocycles. The molecule has 8 aromatic carbocycles. The van der Waals surface area contributed by atoms with Crippen molar-refractivity contribution in [2.45, 2.75) is 31.6 Å². The number of para-hydroxylation sites is 2. The van der Waals surface area contributed by atoms with Crippen LogP contribution in [-0.2, 0) is 11.8 Å². The zero-order valence-corrected chi connectivity index (χ0v) is 36.6. The van der Waals surface area contributed by atoms with E-state index in [1.54, 1.807) is 11.3 Å². The lowest BCUT2D eigenvalue weighted by Crippen LogP contribution is -2.30. The van der Waals surface area contributed by atoms with Gasteiger partial charge in [-0.3, -0.25) is 0 Å². The van der Waals surface area contributed by atoms with E-state index < -0.39 is 0 Å². The van der Waals surface area contributed by atoms with E-state index in [1.165, 1.54) is 91.9 Å². The van der Waals surface area contributed by atoms with Crippen LogP contribution in [0.5, 0.6) is 0 Å². The molecule has 1 aliphatic heterocycles. The average Bonchev–Trinajstić information content (AvgIpc) is 4.04. The third-order valence-electron chi connectivity index (χ3n) is 13.6. The monoisotopic (exact) mass is 843 g/mol. The van der Waals surface area contributed by atoms with E-state index in [0.29, 0.717) is 0 Å². The van der Waals surface area contributed by atoms with Crippen LogP contribution >= 0.6 is 22.7 Å². The highest BCUT2D eigenvalue weighted by Crippen LogP contribution is 2.53. The fourth-order valence-electron chi connectivity index (χ4n) is 10.5. The maximum atomic E-state index is 5.23. The first-order chi connectivity index (χ1) is 31.0.